The Morgan fingerprint density at radius 2 is 1.32 bits per heavy atom. The first-order valence-corrected chi connectivity index (χ1v) is 17.8. The Balaban J connectivity index is 1.73. The number of rotatable bonds is 21. The fourth-order valence-electron chi connectivity index (χ4n) is 4.67. The van der Waals surface area contributed by atoms with Crippen molar-refractivity contribution in [3.63, 3.8) is 0 Å². The maximum atomic E-state index is 10.9. The summed E-state index contributed by atoms with van der Waals surface area (Å²) >= 11 is 1.89. The summed E-state index contributed by atoms with van der Waals surface area (Å²) in [6.45, 7) is 10.9. The van der Waals surface area contributed by atoms with Crippen molar-refractivity contribution in [1.29, 1.82) is 5.26 Å². The van der Waals surface area contributed by atoms with Crippen molar-refractivity contribution in [2.24, 2.45) is 20.5 Å². The normalized spacial score (nSPS) is 12.3. The van der Waals surface area contributed by atoms with Crippen LogP contribution in [0.5, 0.6) is 11.5 Å². The van der Waals surface area contributed by atoms with Crippen molar-refractivity contribution in [2.45, 2.75) is 46.2 Å². The number of non-ortho nitro benzene ring substituents is 1. The van der Waals surface area contributed by atoms with Gasteiger partial charge in [-0.2, -0.15) is 15.5 Å². The highest BCUT2D eigenvalue weighted by atomic mass is 127. The predicted molar refractivity (Wildman–Crippen MR) is 201 cm³/mol. The number of nitro groups is 1. The van der Waals surface area contributed by atoms with Crippen molar-refractivity contribution in [1.82, 2.24) is 4.67 Å². The van der Waals surface area contributed by atoms with Crippen molar-refractivity contribution < 1.29 is 26.5 Å². The molecule has 1 atom stereocenters. The van der Waals surface area contributed by atoms with Crippen LogP contribution in [0.15, 0.2) is 81.1 Å². The molecular formula is C33H42IN8O7P. The van der Waals surface area contributed by atoms with Gasteiger partial charge in [0, 0.05) is 55.1 Å². The van der Waals surface area contributed by atoms with E-state index in [2.05, 4.69) is 63.8 Å². The molecule has 0 aromatic heterocycles. The third-order valence-corrected chi connectivity index (χ3v) is 9.51. The highest BCUT2D eigenvalue weighted by molar-refractivity contribution is 14.1. The van der Waals surface area contributed by atoms with E-state index in [4.69, 9.17) is 26.8 Å². The van der Waals surface area contributed by atoms with E-state index in [0.29, 0.717) is 73.6 Å². The van der Waals surface area contributed by atoms with Gasteiger partial charge in [0.25, 0.3) is 14.2 Å². The van der Waals surface area contributed by atoms with Gasteiger partial charge in [-0.15, -0.1) is 10.2 Å². The topological polar surface area (TPSA) is 169 Å². The van der Waals surface area contributed by atoms with E-state index in [1.165, 1.54) is 38.5 Å². The minimum Gasteiger partial charge on any atom is -0.494 e. The molecule has 0 amide bonds. The van der Waals surface area contributed by atoms with E-state index in [1.54, 1.807) is 12.1 Å². The van der Waals surface area contributed by atoms with E-state index in [9.17, 15) is 10.1 Å². The maximum Gasteiger partial charge on any atom is 0.269 e. The Hall–Kier alpha value is -3.85. The van der Waals surface area contributed by atoms with Crippen LogP contribution in [0.4, 0.5) is 34.1 Å². The van der Waals surface area contributed by atoms with Crippen LogP contribution in [0.25, 0.3) is 0 Å². The molecule has 0 saturated heterocycles. The first-order chi connectivity index (χ1) is 24.1. The fraction of sp³-hybridized carbons (Fsp3) is 0.424. The molecule has 0 fully saturated rings. The quantitative estimate of drug-likeness (QED) is 0.0252. The van der Waals surface area contributed by atoms with Gasteiger partial charge < -0.3 is 26.5 Å². The monoisotopic (exact) mass is 820 g/mol. The zero-order chi connectivity index (χ0) is 36.5. The molecule has 0 aliphatic rings. The highest BCUT2D eigenvalue weighted by Crippen LogP contribution is 2.46. The fourth-order valence-corrected chi connectivity index (χ4v) is 6.45. The summed E-state index contributed by atoms with van der Waals surface area (Å²) in [5.41, 5.74) is 2.79. The molecule has 50 heavy (non-hydrogen) atoms. The van der Waals surface area contributed by atoms with Gasteiger partial charge >= 0.3 is 0 Å². The zero-order valence-electron chi connectivity index (χ0n) is 28.9. The van der Waals surface area contributed by atoms with Crippen LogP contribution >= 0.6 is 31.5 Å². The van der Waals surface area contributed by atoms with Crippen LogP contribution in [0, 0.1) is 21.4 Å². The molecule has 0 spiro atoms. The lowest BCUT2D eigenvalue weighted by Gasteiger charge is -2.36. The van der Waals surface area contributed by atoms with Gasteiger partial charge in [-0.1, -0.05) is 0 Å². The summed E-state index contributed by atoms with van der Waals surface area (Å²) < 4.78 is 30.9. The highest BCUT2D eigenvalue weighted by Gasteiger charge is 2.27. The first-order valence-electron chi connectivity index (χ1n) is 15.7. The zero-order valence-corrected chi connectivity index (χ0v) is 32.0. The second-order valence-electron chi connectivity index (χ2n) is 11.1. The Morgan fingerprint density at radius 1 is 0.820 bits per heavy atom. The maximum absolute atomic E-state index is 10.9. The molecule has 17 heteroatoms. The van der Waals surface area contributed by atoms with Crippen LogP contribution in [-0.2, 0) is 12.1 Å². The van der Waals surface area contributed by atoms with Crippen LogP contribution in [-0.4, -0.2) is 68.8 Å². The average Bonchev–Trinajstić information content (AvgIpc) is 3.11. The van der Waals surface area contributed by atoms with E-state index in [1.807, 2.05) is 47.3 Å². The van der Waals surface area contributed by atoms with Crippen LogP contribution < -0.4 is 14.4 Å². The summed E-state index contributed by atoms with van der Waals surface area (Å²) in [6, 6.07) is 19.2. The van der Waals surface area contributed by atoms with Gasteiger partial charge in [0.1, 0.15) is 45.9 Å². The Kier molecular flexibility index (Phi) is 17.4. The molecule has 0 bridgehead atoms. The van der Waals surface area contributed by atoms with Gasteiger partial charge in [-0.05, 0) is 64.1 Å². The Bertz CT molecular complexity index is 1600. The van der Waals surface area contributed by atoms with Crippen molar-refractivity contribution in [2.75, 3.05) is 52.0 Å². The molecule has 1 unspecified atom stereocenters. The lowest BCUT2D eigenvalue weighted by molar-refractivity contribution is -0.384. The predicted octanol–water partition coefficient (Wildman–Crippen LogP) is 9.91. The summed E-state index contributed by atoms with van der Waals surface area (Å²) in [6.07, 6.45) is 0.304. The standard InChI is InChI=1S/C33H42IN8O7P/c1-24(2)41(25(3)4)50(48-19-7-16-35)49-21-18-40(17-20-47-34)28-12-8-26(9-13-28)36-38-30-22-33(46-6)31(23-32(30)45-5)39-37-27-10-14-29(15-11-27)42(43)44/h8-15,22-25H,7,17-21H2,1-6H3. The van der Waals surface area contributed by atoms with E-state index >= 15 is 0 Å². The van der Waals surface area contributed by atoms with Crippen molar-refractivity contribution >= 4 is 65.7 Å². The average molecular weight is 821 g/mol. The number of halogens is 1. The second kappa shape index (κ2) is 21.4. The molecule has 3 aromatic carbocycles. The summed E-state index contributed by atoms with van der Waals surface area (Å²) in [5, 5.41) is 37.1. The molecule has 15 nitrogen and oxygen atoms in total. The minimum absolute atomic E-state index is 0.0367. The molecule has 0 radical (unpaired) electrons. The molecule has 0 heterocycles. The van der Waals surface area contributed by atoms with Gasteiger partial charge in [0.05, 0.1) is 62.8 Å². The number of anilines is 1. The minimum atomic E-state index is -1.34. The number of azo groups is 2. The molecule has 0 saturated carbocycles. The summed E-state index contributed by atoms with van der Waals surface area (Å²) in [4.78, 5) is 12.6. The summed E-state index contributed by atoms with van der Waals surface area (Å²) in [7, 11) is 1.67. The number of hydrogen-bond acceptors (Lipinski definition) is 14. The molecule has 268 valence electrons. The second-order valence-corrected chi connectivity index (χ2v) is 13.1. The Labute approximate surface area is 308 Å². The number of benzene rings is 3. The van der Waals surface area contributed by atoms with E-state index < -0.39 is 13.4 Å². The Morgan fingerprint density at radius 3 is 1.78 bits per heavy atom. The number of ether oxygens (including phenoxy) is 2. The van der Waals surface area contributed by atoms with E-state index in [-0.39, 0.29) is 17.8 Å². The van der Waals surface area contributed by atoms with Crippen LogP contribution in [0.1, 0.15) is 34.1 Å². The number of nitro benzene ring substituents is 1. The van der Waals surface area contributed by atoms with Gasteiger partial charge in [-0.3, -0.25) is 10.1 Å². The molecular weight excluding hydrogens is 778 g/mol. The van der Waals surface area contributed by atoms with Crippen LogP contribution in [0.2, 0.25) is 0 Å². The largest absolute Gasteiger partial charge is 0.494 e. The number of nitriles is 1. The van der Waals surface area contributed by atoms with E-state index in [0.717, 1.165) is 5.69 Å². The first kappa shape index (κ1) is 40.6. The van der Waals surface area contributed by atoms with Gasteiger partial charge in [0.2, 0.25) is 0 Å². The van der Waals surface area contributed by atoms with Crippen LogP contribution in [0.3, 0.4) is 0 Å². The lowest BCUT2D eigenvalue weighted by atomic mass is 10.2. The van der Waals surface area contributed by atoms with Gasteiger partial charge in [0.15, 0.2) is 0 Å². The molecule has 0 N–H and O–H groups in total. The number of hydrogen-bond donors (Lipinski definition) is 0. The lowest BCUT2D eigenvalue weighted by Crippen LogP contribution is -2.35. The van der Waals surface area contributed by atoms with Crippen molar-refractivity contribution in [3.05, 3.63) is 70.8 Å². The molecule has 0 aliphatic carbocycles. The third-order valence-electron chi connectivity index (χ3n) is 6.97. The third kappa shape index (κ3) is 12.5. The molecule has 3 rings (SSSR count). The molecule has 0 aliphatic heterocycles. The number of nitrogens with zero attached hydrogens (tertiary/aromatic N) is 8. The summed E-state index contributed by atoms with van der Waals surface area (Å²) in [5.74, 6) is 0.791. The van der Waals surface area contributed by atoms with Crippen molar-refractivity contribution in [3.8, 4) is 17.6 Å². The number of methoxy groups -OCH3 is 2. The van der Waals surface area contributed by atoms with Gasteiger partial charge in [-0.25, -0.2) is 4.67 Å². The smallest absolute Gasteiger partial charge is 0.269 e. The SMILES string of the molecule is COc1cc(N=Nc2ccc([N+](=O)[O-])cc2)c(OC)cc1N=Nc1ccc(N(CCOI)CCOP(OCCC#N)N(C(C)C)C(C)C)cc1. The molecule has 3 aromatic rings.